The molecule has 4 rings (SSSR count). The molecule has 2 aromatic rings. The zero-order valence-corrected chi connectivity index (χ0v) is 19.9. The summed E-state index contributed by atoms with van der Waals surface area (Å²) in [5, 5.41) is 3.03. The lowest BCUT2D eigenvalue weighted by Crippen LogP contribution is -2.40. The van der Waals surface area contributed by atoms with Gasteiger partial charge in [0.2, 0.25) is 11.8 Å². The third-order valence-electron chi connectivity index (χ3n) is 6.19. The van der Waals surface area contributed by atoms with E-state index in [2.05, 4.69) is 28.4 Å². The Kier molecular flexibility index (Phi) is 8.80. The molecule has 6 nitrogen and oxygen atoms in total. The molecular weight excluding hydrogens is 434 g/mol. The first kappa shape index (κ1) is 23.8. The molecule has 1 unspecified atom stereocenters. The van der Waals surface area contributed by atoms with Crippen molar-refractivity contribution in [1.82, 2.24) is 10.2 Å². The van der Waals surface area contributed by atoms with Gasteiger partial charge in [-0.25, -0.2) is 0 Å². The second-order valence-corrected chi connectivity index (χ2v) is 9.62. The number of para-hydroxylation sites is 1. The van der Waals surface area contributed by atoms with Gasteiger partial charge in [-0.3, -0.25) is 14.5 Å². The summed E-state index contributed by atoms with van der Waals surface area (Å²) in [6.45, 7) is 5.71. The van der Waals surface area contributed by atoms with Crippen LogP contribution in [0.4, 0.5) is 5.69 Å². The van der Waals surface area contributed by atoms with Crippen LogP contribution in [0.1, 0.15) is 18.4 Å². The van der Waals surface area contributed by atoms with E-state index in [0.717, 1.165) is 56.3 Å². The van der Waals surface area contributed by atoms with E-state index in [0.29, 0.717) is 18.8 Å². The van der Waals surface area contributed by atoms with Crippen molar-refractivity contribution in [2.45, 2.75) is 24.2 Å². The Labute approximate surface area is 200 Å². The molecule has 2 aromatic carbocycles. The van der Waals surface area contributed by atoms with Gasteiger partial charge in [-0.1, -0.05) is 42.5 Å². The van der Waals surface area contributed by atoms with E-state index in [9.17, 15) is 9.59 Å². The molecule has 2 aliphatic rings. The third-order valence-corrected chi connectivity index (χ3v) is 7.41. The van der Waals surface area contributed by atoms with Gasteiger partial charge in [0.1, 0.15) is 0 Å². The van der Waals surface area contributed by atoms with Crippen LogP contribution < -0.4 is 10.2 Å². The average Bonchev–Trinajstić information content (AvgIpc) is 2.98. The van der Waals surface area contributed by atoms with Gasteiger partial charge < -0.3 is 15.0 Å². The Balaban J connectivity index is 1.33. The number of anilines is 1. The smallest absolute Gasteiger partial charge is 0.231 e. The largest absolute Gasteiger partial charge is 0.379 e. The third kappa shape index (κ3) is 6.82. The number of rotatable bonds is 9. The number of thioether (sulfide) groups is 1. The average molecular weight is 468 g/mol. The van der Waals surface area contributed by atoms with Crippen LogP contribution in [-0.4, -0.2) is 68.4 Å². The van der Waals surface area contributed by atoms with Crippen molar-refractivity contribution in [3.05, 3.63) is 60.2 Å². The zero-order valence-electron chi connectivity index (χ0n) is 19.1. The van der Waals surface area contributed by atoms with Crippen molar-refractivity contribution in [1.29, 1.82) is 0 Å². The molecule has 176 valence electrons. The molecule has 1 atom stereocenters. The number of carbonyl (C=O) groups excluding carboxylic acids is 2. The normalized spacial score (nSPS) is 19.1. The number of fused-ring (bicyclic) bond motifs is 1. The van der Waals surface area contributed by atoms with E-state index in [1.165, 1.54) is 5.56 Å². The SMILES string of the molecule is O=C(CC1CSc2ccccc2N(CCc2ccccc2)C1=O)NCCCN1CCOCC1. The lowest BCUT2D eigenvalue weighted by molar-refractivity contribution is -0.128. The van der Waals surface area contributed by atoms with Crippen LogP contribution in [0.15, 0.2) is 59.5 Å². The van der Waals surface area contributed by atoms with Crippen molar-refractivity contribution in [3.8, 4) is 0 Å². The monoisotopic (exact) mass is 467 g/mol. The van der Waals surface area contributed by atoms with Gasteiger partial charge in [-0.05, 0) is 37.1 Å². The van der Waals surface area contributed by atoms with E-state index in [1.807, 2.05) is 41.3 Å². The summed E-state index contributed by atoms with van der Waals surface area (Å²) in [5.41, 5.74) is 2.16. The molecule has 0 radical (unpaired) electrons. The minimum absolute atomic E-state index is 0.0371. The molecular formula is C26H33N3O3S. The number of nitrogens with zero attached hydrogens (tertiary/aromatic N) is 2. The van der Waals surface area contributed by atoms with Gasteiger partial charge in [0.15, 0.2) is 0 Å². The summed E-state index contributed by atoms with van der Waals surface area (Å²) in [7, 11) is 0. The first-order chi connectivity index (χ1) is 16.2. The Bertz CT molecular complexity index is 918. The van der Waals surface area contributed by atoms with Crippen LogP contribution >= 0.6 is 11.8 Å². The molecule has 7 heteroatoms. The molecule has 1 N–H and O–H groups in total. The predicted molar refractivity (Wildman–Crippen MR) is 133 cm³/mol. The highest BCUT2D eigenvalue weighted by molar-refractivity contribution is 7.99. The topological polar surface area (TPSA) is 61.9 Å². The second kappa shape index (κ2) is 12.2. The predicted octanol–water partition coefficient (Wildman–Crippen LogP) is 3.21. The Hall–Kier alpha value is -2.35. The molecule has 0 saturated carbocycles. The zero-order chi connectivity index (χ0) is 22.9. The Morgan fingerprint density at radius 3 is 2.61 bits per heavy atom. The molecule has 33 heavy (non-hydrogen) atoms. The number of hydrogen-bond donors (Lipinski definition) is 1. The van der Waals surface area contributed by atoms with E-state index in [-0.39, 0.29) is 24.2 Å². The molecule has 2 heterocycles. The summed E-state index contributed by atoms with van der Waals surface area (Å²) in [6, 6.07) is 18.3. The Morgan fingerprint density at radius 2 is 1.79 bits per heavy atom. The van der Waals surface area contributed by atoms with Gasteiger partial charge in [0.05, 0.1) is 24.8 Å². The highest BCUT2D eigenvalue weighted by Gasteiger charge is 2.32. The highest BCUT2D eigenvalue weighted by atomic mass is 32.2. The Morgan fingerprint density at radius 1 is 1.03 bits per heavy atom. The van der Waals surface area contributed by atoms with Gasteiger partial charge in [-0.2, -0.15) is 0 Å². The number of benzene rings is 2. The first-order valence-corrected chi connectivity index (χ1v) is 12.8. The molecule has 2 amide bonds. The van der Waals surface area contributed by atoms with Crippen molar-refractivity contribution in [2.75, 3.05) is 56.6 Å². The first-order valence-electron chi connectivity index (χ1n) is 11.8. The lowest BCUT2D eigenvalue weighted by atomic mass is 10.0. The molecule has 1 saturated heterocycles. The van der Waals surface area contributed by atoms with Crippen molar-refractivity contribution in [3.63, 3.8) is 0 Å². The van der Waals surface area contributed by atoms with Gasteiger partial charge in [0.25, 0.3) is 0 Å². The number of carbonyl (C=O) groups is 2. The van der Waals surface area contributed by atoms with Crippen molar-refractivity contribution < 1.29 is 14.3 Å². The maximum absolute atomic E-state index is 13.5. The number of amides is 2. The number of hydrogen-bond acceptors (Lipinski definition) is 5. The molecule has 0 spiro atoms. The quantitative estimate of drug-likeness (QED) is 0.574. The summed E-state index contributed by atoms with van der Waals surface area (Å²) >= 11 is 1.67. The van der Waals surface area contributed by atoms with E-state index >= 15 is 0 Å². The number of nitrogens with one attached hydrogen (secondary N) is 1. The van der Waals surface area contributed by atoms with Crippen LogP contribution in [0, 0.1) is 5.92 Å². The fraction of sp³-hybridized carbons (Fsp3) is 0.462. The standard InChI is InChI=1S/C26H33N3O3S/c30-25(27-12-6-13-28-15-17-32-18-16-28)19-22-20-33-24-10-5-4-9-23(24)29(26(22)31)14-11-21-7-2-1-3-8-21/h1-5,7-10,22H,6,11-20H2,(H,27,30). The fourth-order valence-corrected chi connectivity index (χ4v) is 5.46. The molecule has 2 aliphatic heterocycles. The molecule has 0 aliphatic carbocycles. The van der Waals surface area contributed by atoms with Crippen LogP contribution in [0.5, 0.6) is 0 Å². The van der Waals surface area contributed by atoms with Crippen LogP contribution in [0.3, 0.4) is 0 Å². The second-order valence-electron chi connectivity index (χ2n) is 8.56. The van der Waals surface area contributed by atoms with Gasteiger partial charge in [-0.15, -0.1) is 11.8 Å². The van der Waals surface area contributed by atoms with Crippen LogP contribution in [0.2, 0.25) is 0 Å². The van der Waals surface area contributed by atoms with Gasteiger partial charge in [0, 0.05) is 43.2 Å². The van der Waals surface area contributed by atoms with E-state index in [1.54, 1.807) is 11.8 Å². The molecule has 0 aromatic heterocycles. The number of ether oxygens (including phenoxy) is 1. The van der Waals surface area contributed by atoms with Crippen molar-refractivity contribution >= 4 is 29.3 Å². The maximum Gasteiger partial charge on any atom is 0.231 e. The molecule has 1 fully saturated rings. The van der Waals surface area contributed by atoms with Crippen molar-refractivity contribution in [2.24, 2.45) is 5.92 Å². The number of morpholine rings is 1. The summed E-state index contributed by atoms with van der Waals surface area (Å²) < 4.78 is 5.37. The highest BCUT2D eigenvalue weighted by Crippen LogP contribution is 2.36. The van der Waals surface area contributed by atoms with E-state index < -0.39 is 0 Å². The van der Waals surface area contributed by atoms with Gasteiger partial charge >= 0.3 is 0 Å². The summed E-state index contributed by atoms with van der Waals surface area (Å²) in [6.07, 6.45) is 1.93. The fourth-order valence-electron chi connectivity index (χ4n) is 4.32. The van der Waals surface area contributed by atoms with E-state index in [4.69, 9.17) is 4.74 Å². The summed E-state index contributed by atoms with van der Waals surface area (Å²) in [5.74, 6) is 0.313. The minimum atomic E-state index is -0.322. The summed E-state index contributed by atoms with van der Waals surface area (Å²) in [4.78, 5) is 31.5. The molecule has 0 bridgehead atoms. The lowest BCUT2D eigenvalue weighted by Gasteiger charge is -2.26. The minimum Gasteiger partial charge on any atom is -0.379 e. The van der Waals surface area contributed by atoms with Crippen LogP contribution in [0.25, 0.3) is 0 Å². The van der Waals surface area contributed by atoms with Crippen LogP contribution in [-0.2, 0) is 20.7 Å². The maximum atomic E-state index is 13.5.